The minimum atomic E-state index is -0.193. The van der Waals surface area contributed by atoms with Crippen LogP contribution in [0.25, 0.3) is 0 Å². The van der Waals surface area contributed by atoms with Crippen LogP contribution in [0.15, 0.2) is 0 Å². The van der Waals surface area contributed by atoms with Crippen LogP contribution < -0.4 is 10.6 Å². The van der Waals surface area contributed by atoms with Crippen molar-refractivity contribution >= 4 is 23.3 Å². The molecule has 88 valence electrons. The van der Waals surface area contributed by atoms with Gasteiger partial charge in [0.15, 0.2) is 5.11 Å². The number of thiocarbonyl (C=S) groups is 1. The average molecular weight is 232 g/mol. The highest BCUT2D eigenvalue weighted by Crippen LogP contribution is 1.85. The largest absolute Gasteiger partial charge is 0.466 e. The number of hydrogen-bond donors (Lipinski definition) is 2. The standard InChI is InChI=1S/C10H20N2O2S/c1-3-5-7-11-10(15)12-8-6-9(13)14-4-2/h3-8H2,1-2H3,(H2,11,12,15). The molecule has 0 radical (unpaired) electrons. The zero-order chi connectivity index (χ0) is 11.5. The summed E-state index contributed by atoms with van der Waals surface area (Å²) in [5, 5.41) is 6.61. The van der Waals surface area contributed by atoms with Crippen molar-refractivity contribution in [1.82, 2.24) is 10.6 Å². The molecule has 0 saturated heterocycles. The first-order valence-corrected chi connectivity index (χ1v) is 5.78. The van der Waals surface area contributed by atoms with Crippen molar-refractivity contribution in [1.29, 1.82) is 0 Å². The number of rotatable bonds is 7. The van der Waals surface area contributed by atoms with E-state index < -0.39 is 0 Å². The fourth-order valence-electron chi connectivity index (χ4n) is 0.952. The highest BCUT2D eigenvalue weighted by atomic mass is 32.1. The molecule has 0 fully saturated rings. The predicted molar refractivity (Wildman–Crippen MR) is 64.8 cm³/mol. The van der Waals surface area contributed by atoms with Crippen LogP contribution in [0.1, 0.15) is 33.1 Å². The van der Waals surface area contributed by atoms with Gasteiger partial charge in [0.2, 0.25) is 0 Å². The van der Waals surface area contributed by atoms with Crippen LogP contribution in [0.5, 0.6) is 0 Å². The molecule has 0 atom stereocenters. The normalized spacial score (nSPS) is 9.47. The third-order valence-corrected chi connectivity index (χ3v) is 2.02. The van der Waals surface area contributed by atoms with Gasteiger partial charge in [-0.05, 0) is 25.6 Å². The molecule has 0 aliphatic heterocycles. The average Bonchev–Trinajstić information content (AvgIpc) is 2.18. The first-order valence-electron chi connectivity index (χ1n) is 5.38. The van der Waals surface area contributed by atoms with Gasteiger partial charge < -0.3 is 15.4 Å². The summed E-state index contributed by atoms with van der Waals surface area (Å²) in [6.45, 7) is 5.75. The molecule has 0 saturated carbocycles. The summed E-state index contributed by atoms with van der Waals surface area (Å²) in [7, 11) is 0. The summed E-state index contributed by atoms with van der Waals surface area (Å²) in [4.78, 5) is 11.0. The van der Waals surface area contributed by atoms with E-state index in [0.29, 0.717) is 24.7 Å². The topological polar surface area (TPSA) is 50.4 Å². The molecular weight excluding hydrogens is 212 g/mol. The van der Waals surface area contributed by atoms with Gasteiger partial charge >= 0.3 is 5.97 Å². The Morgan fingerprint density at radius 2 is 1.93 bits per heavy atom. The lowest BCUT2D eigenvalue weighted by Crippen LogP contribution is -2.36. The Morgan fingerprint density at radius 1 is 1.27 bits per heavy atom. The number of unbranched alkanes of at least 4 members (excludes halogenated alkanes) is 1. The van der Waals surface area contributed by atoms with Crippen LogP contribution in [0.3, 0.4) is 0 Å². The third kappa shape index (κ3) is 9.46. The highest BCUT2D eigenvalue weighted by Gasteiger charge is 2.01. The number of hydrogen-bond acceptors (Lipinski definition) is 3. The lowest BCUT2D eigenvalue weighted by molar-refractivity contribution is -0.142. The SMILES string of the molecule is CCCCNC(=S)NCCC(=O)OCC. The highest BCUT2D eigenvalue weighted by molar-refractivity contribution is 7.80. The van der Waals surface area contributed by atoms with E-state index in [2.05, 4.69) is 17.6 Å². The van der Waals surface area contributed by atoms with Crippen LogP contribution >= 0.6 is 12.2 Å². The van der Waals surface area contributed by atoms with Crippen LogP contribution in [0.4, 0.5) is 0 Å². The second kappa shape index (κ2) is 9.71. The van der Waals surface area contributed by atoms with E-state index >= 15 is 0 Å². The van der Waals surface area contributed by atoms with Gasteiger partial charge in [-0.15, -0.1) is 0 Å². The van der Waals surface area contributed by atoms with Crippen molar-refractivity contribution in [2.75, 3.05) is 19.7 Å². The second-order valence-corrected chi connectivity index (χ2v) is 3.50. The Hall–Kier alpha value is -0.840. The smallest absolute Gasteiger partial charge is 0.307 e. The fraction of sp³-hybridized carbons (Fsp3) is 0.800. The van der Waals surface area contributed by atoms with Crippen LogP contribution in [0, 0.1) is 0 Å². The lowest BCUT2D eigenvalue weighted by Gasteiger charge is -2.09. The van der Waals surface area contributed by atoms with Crippen molar-refractivity contribution in [3.8, 4) is 0 Å². The third-order valence-electron chi connectivity index (χ3n) is 1.74. The zero-order valence-corrected chi connectivity index (χ0v) is 10.3. The van der Waals surface area contributed by atoms with Crippen LogP contribution in [0.2, 0.25) is 0 Å². The van der Waals surface area contributed by atoms with Gasteiger partial charge in [-0.1, -0.05) is 13.3 Å². The van der Waals surface area contributed by atoms with Gasteiger partial charge in [-0.25, -0.2) is 0 Å². The molecular formula is C10H20N2O2S. The van der Waals surface area contributed by atoms with Gasteiger partial charge in [0.05, 0.1) is 13.0 Å². The first kappa shape index (κ1) is 14.2. The van der Waals surface area contributed by atoms with E-state index in [9.17, 15) is 4.79 Å². The monoisotopic (exact) mass is 232 g/mol. The van der Waals surface area contributed by atoms with Crippen molar-refractivity contribution in [2.45, 2.75) is 33.1 Å². The Bertz CT molecular complexity index is 198. The van der Waals surface area contributed by atoms with E-state index in [1.807, 2.05) is 0 Å². The Morgan fingerprint density at radius 3 is 2.53 bits per heavy atom. The first-order chi connectivity index (χ1) is 7.20. The molecule has 0 unspecified atom stereocenters. The maximum absolute atomic E-state index is 11.0. The summed E-state index contributed by atoms with van der Waals surface area (Å²) in [5.74, 6) is -0.193. The number of carbonyl (C=O) groups is 1. The van der Waals surface area contributed by atoms with Gasteiger partial charge in [0.25, 0.3) is 0 Å². The molecule has 0 spiro atoms. The molecule has 15 heavy (non-hydrogen) atoms. The molecule has 2 N–H and O–H groups in total. The minimum Gasteiger partial charge on any atom is -0.466 e. The summed E-state index contributed by atoms with van der Waals surface area (Å²) in [5.41, 5.74) is 0. The molecule has 0 aromatic heterocycles. The molecule has 0 aromatic rings. The zero-order valence-electron chi connectivity index (χ0n) is 9.47. The summed E-state index contributed by atoms with van der Waals surface area (Å²) in [6.07, 6.45) is 2.58. The molecule has 0 heterocycles. The summed E-state index contributed by atoms with van der Waals surface area (Å²) in [6, 6.07) is 0. The molecule has 0 aliphatic carbocycles. The van der Waals surface area contributed by atoms with Crippen molar-refractivity contribution < 1.29 is 9.53 Å². The second-order valence-electron chi connectivity index (χ2n) is 3.09. The molecule has 0 bridgehead atoms. The Balaban J connectivity index is 3.34. The van der Waals surface area contributed by atoms with Gasteiger partial charge in [0, 0.05) is 13.1 Å². The lowest BCUT2D eigenvalue weighted by atomic mass is 10.3. The number of esters is 1. The molecule has 0 aliphatic rings. The van der Waals surface area contributed by atoms with E-state index in [1.54, 1.807) is 6.92 Å². The molecule has 5 heteroatoms. The van der Waals surface area contributed by atoms with Crippen molar-refractivity contribution in [3.05, 3.63) is 0 Å². The van der Waals surface area contributed by atoms with Crippen LogP contribution in [-0.2, 0) is 9.53 Å². The summed E-state index contributed by atoms with van der Waals surface area (Å²) < 4.78 is 4.78. The number of ether oxygens (including phenoxy) is 1. The molecule has 4 nitrogen and oxygen atoms in total. The molecule has 0 amide bonds. The Labute approximate surface area is 96.8 Å². The fourth-order valence-corrected chi connectivity index (χ4v) is 1.16. The number of carbonyl (C=O) groups excluding carboxylic acids is 1. The Kier molecular flexibility index (Phi) is 9.16. The van der Waals surface area contributed by atoms with Gasteiger partial charge in [-0.3, -0.25) is 4.79 Å². The number of nitrogens with one attached hydrogen (secondary N) is 2. The van der Waals surface area contributed by atoms with Crippen LogP contribution in [-0.4, -0.2) is 30.8 Å². The molecule has 0 rings (SSSR count). The van der Waals surface area contributed by atoms with Crippen molar-refractivity contribution in [2.24, 2.45) is 0 Å². The maximum atomic E-state index is 11.0. The van der Waals surface area contributed by atoms with Crippen molar-refractivity contribution in [3.63, 3.8) is 0 Å². The van der Waals surface area contributed by atoms with Gasteiger partial charge in [0.1, 0.15) is 0 Å². The predicted octanol–water partition coefficient (Wildman–Crippen LogP) is 1.20. The van der Waals surface area contributed by atoms with E-state index in [0.717, 1.165) is 19.4 Å². The summed E-state index contributed by atoms with van der Waals surface area (Å²) >= 11 is 5.01. The minimum absolute atomic E-state index is 0.193. The van der Waals surface area contributed by atoms with E-state index in [4.69, 9.17) is 17.0 Å². The van der Waals surface area contributed by atoms with E-state index in [1.165, 1.54) is 0 Å². The van der Waals surface area contributed by atoms with E-state index in [-0.39, 0.29) is 5.97 Å². The quantitative estimate of drug-likeness (QED) is 0.392. The van der Waals surface area contributed by atoms with Gasteiger partial charge in [-0.2, -0.15) is 0 Å². The maximum Gasteiger partial charge on any atom is 0.307 e. The molecule has 0 aromatic carbocycles.